The maximum absolute atomic E-state index is 12.5. The molecule has 7 heteroatoms. The van der Waals surface area contributed by atoms with Gasteiger partial charge in [-0.25, -0.2) is 4.79 Å². The fourth-order valence-electron chi connectivity index (χ4n) is 2.89. The third-order valence-corrected chi connectivity index (χ3v) is 5.93. The Balaban J connectivity index is 1.98. The SMILES string of the molecule is Cc1ccc2c(C)c(Cc3cccc(NS(=O)(=O)N(C)C)c3)c(=O)oc2c1. The number of nitrogens with one attached hydrogen (secondary N) is 1. The van der Waals surface area contributed by atoms with Crippen molar-refractivity contribution < 1.29 is 12.8 Å². The molecule has 1 N–H and O–H groups in total. The van der Waals surface area contributed by atoms with Crippen molar-refractivity contribution in [2.24, 2.45) is 0 Å². The summed E-state index contributed by atoms with van der Waals surface area (Å²) in [4.78, 5) is 12.5. The predicted octanol–water partition coefficient (Wildman–Crippen LogP) is 3.22. The molecule has 0 aliphatic rings. The number of hydrogen-bond acceptors (Lipinski definition) is 4. The molecule has 3 aromatic rings. The molecule has 0 fully saturated rings. The molecular weight excluding hydrogens is 364 g/mol. The van der Waals surface area contributed by atoms with E-state index < -0.39 is 10.2 Å². The largest absolute Gasteiger partial charge is 0.422 e. The highest BCUT2D eigenvalue weighted by molar-refractivity contribution is 7.90. The van der Waals surface area contributed by atoms with Gasteiger partial charge in [0.1, 0.15) is 5.58 Å². The van der Waals surface area contributed by atoms with Crippen molar-refractivity contribution in [3.8, 4) is 0 Å². The molecule has 1 aromatic heterocycles. The third kappa shape index (κ3) is 4.04. The lowest BCUT2D eigenvalue weighted by Crippen LogP contribution is -2.28. The Labute approximate surface area is 158 Å². The van der Waals surface area contributed by atoms with E-state index in [9.17, 15) is 13.2 Å². The molecule has 3 rings (SSSR count). The third-order valence-electron chi connectivity index (χ3n) is 4.48. The van der Waals surface area contributed by atoms with Crippen LogP contribution in [0, 0.1) is 13.8 Å². The Kier molecular flexibility index (Phi) is 5.08. The van der Waals surface area contributed by atoms with E-state index in [1.54, 1.807) is 18.2 Å². The smallest absolute Gasteiger partial charge is 0.340 e. The molecule has 142 valence electrons. The zero-order chi connectivity index (χ0) is 19.8. The van der Waals surface area contributed by atoms with Crippen LogP contribution in [0.2, 0.25) is 0 Å². The first-order chi connectivity index (χ1) is 12.7. The lowest BCUT2D eigenvalue weighted by molar-refractivity contribution is 0.527. The molecule has 0 unspecified atom stereocenters. The van der Waals surface area contributed by atoms with Gasteiger partial charge in [-0.1, -0.05) is 24.3 Å². The molecule has 0 aliphatic heterocycles. The normalized spacial score (nSPS) is 11.9. The van der Waals surface area contributed by atoms with Gasteiger partial charge >= 0.3 is 15.8 Å². The van der Waals surface area contributed by atoms with E-state index in [0.717, 1.165) is 26.4 Å². The summed E-state index contributed by atoms with van der Waals surface area (Å²) in [5, 5.41) is 0.902. The fraction of sp³-hybridized carbons (Fsp3) is 0.250. The summed E-state index contributed by atoms with van der Waals surface area (Å²) in [6.07, 6.45) is 0.357. The number of hydrogen-bond donors (Lipinski definition) is 1. The average Bonchev–Trinajstić information content (AvgIpc) is 2.58. The molecule has 0 bridgehead atoms. The van der Waals surface area contributed by atoms with Crippen LogP contribution in [0.25, 0.3) is 11.0 Å². The molecular formula is C20H22N2O4S. The molecule has 0 saturated carbocycles. The van der Waals surface area contributed by atoms with Gasteiger partial charge in [0.25, 0.3) is 0 Å². The highest BCUT2D eigenvalue weighted by Gasteiger charge is 2.15. The first-order valence-electron chi connectivity index (χ1n) is 8.49. The standard InChI is InChI=1S/C20H22N2O4S/c1-13-8-9-17-14(2)18(20(23)26-19(17)10-13)12-15-6-5-7-16(11-15)21-27(24,25)22(3)4/h5-11,21H,12H2,1-4H3. The van der Waals surface area contributed by atoms with Crippen LogP contribution in [0.3, 0.4) is 0 Å². The molecule has 0 atom stereocenters. The van der Waals surface area contributed by atoms with Gasteiger partial charge in [0.15, 0.2) is 0 Å². The second-order valence-corrected chi connectivity index (χ2v) is 8.64. The summed E-state index contributed by atoms with van der Waals surface area (Å²) in [7, 11) is -0.675. The molecule has 6 nitrogen and oxygen atoms in total. The Hall–Kier alpha value is -2.64. The van der Waals surface area contributed by atoms with Crippen LogP contribution in [-0.4, -0.2) is 26.8 Å². The number of nitrogens with zero attached hydrogens (tertiary/aromatic N) is 1. The Bertz CT molecular complexity index is 1160. The number of anilines is 1. The molecule has 27 heavy (non-hydrogen) atoms. The first kappa shape index (κ1) is 19.1. The first-order valence-corrected chi connectivity index (χ1v) is 9.93. The van der Waals surface area contributed by atoms with Gasteiger partial charge in [-0.3, -0.25) is 4.72 Å². The van der Waals surface area contributed by atoms with Crippen molar-refractivity contribution in [3.05, 3.63) is 75.1 Å². The van der Waals surface area contributed by atoms with Crippen molar-refractivity contribution in [1.29, 1.82) is 0 Å². The van der Waals surface area contributed by atoms with Gasteiger partial charge in [-0.15, -0.1) is 0 Å². The van der Waals surface area contributed by atoms with E-state index in [2.05, 4.69) is 4.72 Å². The molecule has 2 aromatic carbocycles. The highest BCUT2D eigenvalue weighted by atomic mass is 32.2. The quantitative estimate of drug-likeness (QED) is 0.683. The Morgan fingerprint density at radius 1 is 1.07 bits per heavy atom. The number of benzene rings is 2. The van der Waals surface area contributed by atoms with Gasteiger partial charge in [0.05, 0.1) is 5.69 Å². The van der Waals surface area contributed by atoms with Crippen LogP contribution in [0.15, 0.2) is 51.7 Å². The molecule has 0 aliphatic carbocycles. The summed E-state index contributed by atoms with van der Waals surface area (Å²) < 4.78 is 33.1. The molecule has 0 radical (unpaired) electrons. The fourth-order valence-corrected chi connectivity index (χ4v) is 3.50. The van der Waals surface area contributed by atoms with E-state index in [1.165, 1.54) is 14.1 Å². The van der Waals surface area contributed by atoms with Gasteiger partial charge in [0, 0.05) is 31.5 Å². The van der Waals surface area contributed by atoms with Crippen LogP contribution < -0.4 is 10.3 Å². The van der Waals surface area contributed by atoms with E-state index in [4.69, 9.17) is 4.42 Å². The minimum absolute atomic E-state index is 0.357. The van der Waals surface area contributed by atoms with Crippen LogP contribution in [-0.2, 0) is 16.6 Å². The van der Waals surface area contributed by atoms with Crippen LogP contribution >= 0.6 is 0 Å². The Morgan fingerprint density at radius 2 is 1.81 bits per heavy atom. The van der Waals surface area contributed by atoms with E-state index in [0.29, 0.717) is 23.3 Å². The van der Waals surface area contributed by atoms with E-state index in [-0.39, 0.29) is 5.63 Å². The van der Waals surface area contributed by atoms with Crippen molar-refractivity contribution in [3.63, 3.8) is 0 Å². The minimum atomic E-state index is -3.59. The Morgan fingerprint density at radius 3 is 2.52 bits per heavy atom. The average molecular weight is 386 g/mol. The van der Waals surface area contributed by atoms with E-state index in [1.807, 2.05) is 38.1 Å². The monoisotopic (exact) mass is 386 g/mol. The maximum atomic E-state index is 12.5. The summed E-state index contributed by atoms with van der Waals surface area (Å²) >= 11 is 0. The van der Waals surface area contributed by atoms with Crippen LogP contribution in [0.1, 0.15) is 22.3 Å². The summed E-state index contributed by atoms with van der Waals surface area (Å²) in [5.74, 6) is 0. The lowest BCUT2D eigenvalue weighted by atomic mass is 9.99. The predicted molar refractivity (Wildman–Crippen MR) is 107 cm³/mol. The topological polar surface area (TPSA) is 79.6 Å². The number of rotatable bonds is 5. The van der Waals surface area contributed by atoms with Crippen LogP contribution in [0.5, 0.6) is 0 Å². The summed E-state index contributed by atoms with van der Waals surface area (Å²) in [6, 6.07) is 12.8. The second kappa shape index (κ2) is 7.17. The number of fused-ring (bicyclic) bond motifs is 1. The minimum Gasteiger partial charge on any atom is -0.422 e. The van der Waals surface area contributed by atoms with E-state index >= 15 is 0 Å². The molecule has 0 amide bonds. The molecule has 0 spiro atoms. The van der Waals surface area contributed by atoms with Crippen LogP contribution in [0.4, 0.5) is 5.69 Å². The van der Waals surface area contributed by atoms with Crippen molar-refractivity contribution in [1.82, 2.24) is 4.31 Å². The zero-order valence-electron chi connectivity index (χ0n) is 15.7. The van der Waals surface area contributed by atoms with Gasteiger partial charge in [-0.2, -0.15) is 12.7 Å². The summed E-state index contributed by atoms with van der Waals surface area (Å²) in [5.41, 5.74) is 3.94. The van der Waals surface area contributed by atoms with Crippen molar-refractivity contribution >= 4 is 26.9 Å². The molecule has 1 heterocycles. The van der Waals surface area contributed by atoms with Crippen molar-refractivity contribution in [2.45, 2.75) is 20.3 Å². The van der Waals surface area contributed by atoms with Crippen molar-refractivity contribution in [2.75, 3.05) is 18.8 Å². The lowest BCUT2D eigenvalue weighted by Gasteiger charge is -2.14. The summed E-state index contributed by atoms with van der Waals surface area (Å²) in [6.45, 7) is 3.85. The van der Waals surface area contributed by atoms with Gasteiger partial charge in [-0.05, 0) is 48.7 Å². The van der Waals surface area contributed by atoms with Gasteiger partial charge in [0.2, 0.25) is 0 Å². The van der Waals surface area contributed by atoms with Gasteiger partial charge < -0.3 is 4.42 Å². The number of aryl methyl sites for hydroxylation is 2. The highest BCUT2D eigenvalue weighted by Crippen LogP contribution is 2.23. The molecule has 0 saturated heterocycles. The zero-order valence-corrected chi connectivity index (χ0v) is 16.6. The second-order valence-electron chi connectivity index (χ2n) is 6.76. The maximum Gasteiger partial charge on any atom is 0.340 e.